The van der Waals surface area contributed by atoms with Crippen molar-refractivity contribution >= 4 is 5.97 Å². The Balaban J connectivity index is 2.17. The molecule has 0 unspecified atom stereocenters. The van der Waals surface area contributed by atoms with E-state index in [1.165, 1.54) is 49.7 Å². The molecule has 0 heterocycles. The number of carbonyl (C=O) groups is 1. The van der Waals surface area contributed by atoms with Crippen molar-refractivity contribution in [1.82, 2.24) is 4.90 Å². The summed E-state index contributed by atoms with van der Waals surface area (Å²) in [6.07, 6.45) is 13.3. The van der Waals surface area contributed by atoms with Crippen molar-refractivity contribution in [2.45, 2.75) is 149 Å². The number of nitrogens with zero attached hydrogens (tertiary/aromatic N) is 1. The number of hydrogen-bond acceptors (Lipinski definition) is 4. The van der Waals surface area contributed by atoms with Crippen LogP contribution in [-0.4, -0.2) is 34.2 Å². The molecule has 0 saturated heterocycles. The second kappa shape index (κ2) is 21.5. The highest BCUT2D eigenvalue weighted by molar-refractivity contribution is 5.69. The number of hydrogen-bond donors (Lipinski definition) is 1. The van der Waals surface area contributed by atoms with Gasteiger partial charge in [0.25, 0.3) is 0 Å². The van der Waals surface area contributed by atoms with Gasteiger partial charge in [-0.15, -0.1) is 0 Å². The summed E-state index contributed by atoms with van der Waals surface area (Å²) in [5.74, 6) is 0.333. The predicted molar refractivity (Wildman–Crippen MR) is 173 cm³/mol. The molecule has 0 amide bonds. The fourth-order valence-corrected chi connectivity index (χ4v) is 5.70. The molecular formula is C37H59NO3. The third kappa shape index (κ3) is 15.6. The molecule has 0 radical (unpaired) electrons. The van der Waals surface area contributed by atoms with Gasteiger partial charge in [0.05, 0.1) is 6.10 Å². The van der Waals surface area contributed by atoms with Crippen molar-refractivity contribution in [2.75, 3.05) is 0 Å². The molecule has 0 fully saturated rings. The number of ether oxygens (including phenoxy) is 1. The minimum absolute atomic E-state index is 0.0363. The zero-order valence-electron chi connectivity index (χ0n) is 26.6. The Bertz CT molecular complexity index is 859. The van der Waals surface area contributed by atoms with Gasteiger partial charge in [0.15, 0.2) is 0 Å². The maximum Gasteiger partial charge on any atom is 0.306 e. The monoisotopic (exact) mass is 565 g/mol. The van der Waals surface area contributed by atoms with E-state index in [-0.39, 0.29) is 18.1 Å². The van der Waals surface area contributed by atoms with Crippen LogP contribution in [0.5, 0.6) is 0 Å². The fourth-order valence-electron chi connectivity index (χ4n) is 5.70. The van der Waals surface area contributed by atoms with Gasteiger partial charge in [0.2, 0.25) is 0 Å². The first-order valence-electron chi connectivity index (χ1n) is 16.6. The van der Waals surface area contributed by atoms with Crippen LogP contribution in [0, 0.1) is 5.92 Å². The smallest absolute Gasteiger partial charge is 0.306 e. The van der Waals surface area contributed by atoms with Crippen molar-refractivity contribution in [1.29, 1.82) is 0 Å². The molecule has 0 aliphatic rings. The zero-order valence-corrected chi connectivity index (χ0v) is 26.6. The lowest BCUT2D eigenvalue weighted by molar-refractivity contribution is -0.151. The van der Waals surface area contributed by atoms with Crippen LogP contribution >= 0.6 is 0 Å². The van der Waals surface area contributed by atoms with Crippen LogP contribution < -0.4 is 0 Å². The lowest BCUT2D eigenvalue weighted by atomic mass is 9.92. The molecule has 0 aliphatic carbocycles. The average molecular weight is 566 g/mol. The third-order valence-corrected chi connectivity index (χ3v) is 8.00. The molecule has 0 aliphatic heterocycles. The van der Waals surface area contributed by atoms with Gasteiger partial charge in [-0.3, -0.25) is 9.69 Å². The molecule has 3 atom stereocenters. The number of benzene rings is 2. The van der Waals surface area contributed by atoms with E-state index in [1.807, 2.05) is 0 Å². The second-order valence-corrected chi connectivity index (χ2v) is 12.4. The van der Waals surface area contributed by atoms with E-state index in [9.17, 15) is 9.90 Å². The van der Waals surface area contributed by atoms with Crippen LogP contribution in [0.3, 0.4) is 0 Å². The quantitative estimate of drug-likeness (QED) is 0.108. The van der Waals surface area contributed by atoms with Gasteiger partial charge in [-0.05, 0) is 42.7 Å². The third-order valence-electron chi connectivity index (χ3n) is 8.00. The highest BCUT2D eigenvalue weighted by atomic mass is 16.5. The molecule has 0 bridgehead atoms. The molecule has 0 aromatic heterocycles. The summed E-state index contributed by atoms with van der Waals surface area (Å²) in [5, 5.41) is 11.8. The van der Waals surface area contributed by atoms with E-state index >= 15 is 0 Å². The van der Waals surface area contributed by atoms with Gasteiger partial charge in [-0.1, -0.05) is 140 Å². The van der Waals surface area contributed by atoms with Crippen LogP contribution in [-0.2, 0) is 22.6 Å². The van der Waals surface area contributed by atoms with Gasteiger partial charge >= 0.3 is 5.97 Å². The van der Waals surface area contributed by atoms with Gasteiger partial charge in [-0.25, -0.2) is 0 Å². The van der Waals surface area contributed by atoms with Crippen molar-refractivity contribution in [3.05, 3.63) is 71.8 Å². The Kier molecular flexibility index (Phi) is 18.4. The van der Waals surface area contributed by atoms with Gasteiger partial charge in [0.1, 0.15) is 6.10 Å². The molecule has 41 heavy (non-hydrogen) atoms. The Morgan fingerprint density at radius 1 is 0.732 bits per heavy atom. The lowest BCUT2D eigenvalue weighted by Gasteiger charge is -2.37. The van der Waals surface area contributed by atoms with Crippen molar-refractivity contribution in [3.8, 4) is 0 Å². The van der Waals surface area contributed by atoms with Crippen molar-refractivity contribution in [3.63, 3.8) is 0 Å². The molecule has 2 rings (SSSR count). The zero-order chi connectivity index (χ0) is 29.7. The Hall–Kier alpha value is -2.17. The maximum atomic E-state index is 12.9. The van der Waals surface area contributed by atoms with Crippen molar-refractivity contribution in [2.24, 2.45) is 5.92 Å². The van der Waals surface area contributed by atoms with Gasteiger partial charge in [-0.2, -0.15) is 0 Å². The first-order chi connectivity index (χ1) is 19.9. The maximum absolute atomic E-state index is 12.9. The number of rotatable bonds is 23. The molecule has 4 nitrogen and oxygen atoms in total. The Morgan fingerprint density at radius 3 is 1.76 bits per heavy atom. The van der Waals surface area contributed by atoms with E-state index in [1.54, 1.807) is 0 Å². The molecule has 1 N–H and O–H groups in total. The topological polar surface area (TPSA) is 49.8 Å². The number of aliphatic hydroxyl groups excluding tert-OH is 1. The number of esters is 1. The van der Waals surface area contributed by atoms with E-state index < -0.39 is 6.10 Å². The predicted octanol–water partition coefficient (Wildman–Crippen LogP) is 9.49. The van der Waals surface area contributed by atoms with Crippen LogP contribution in [0.2, 0.25) is 0 Å². The van der Waals surface area contributed by atoms with E-state index in [4.69, 9.17) is 4.74 Å². The molecule has 2 aromatic rings. The number of carbonyl (C=O) groups excluding carboxylic acids is 1. The highest BCUT2D eigenvalue weighted by Gasteiger charge is 2.30. The second-order valence-electron chi connectivity index (χ2n) is 12.4. The van der Waals surface area contributed by atoms with E-state index in [2.05, 4.69) is 93.3 Å². The summed E-state index contributed by atoms with van der Waals surface area (Å²) >= 11 is 0. The summed E-state index contributed by atoms with van der Waals surface area (Å²) in [6.45, 7) is 10.4. The highest BCUT2D eigenvalue weighted by Crippen LogP contribution is 2.25. The molecule has 0 saturated carbocycles. The first kappa shape index (κ1) is 35.0. The summed E-state index contributed by atoms with van der Waals surface area (Å²) in [7, 11) is 0. The molecular weight excluding hydrogens is 506 g/mol. The standard InChI is InChI=1S/C37H59NO3/c1-5-7-9-11-19-25-34(41-37(40)26-20-12-10-8-6-2)28-36(39)35(27-31(3)4)38(29-32-21-15-13-16-22-32)30-33-23-17-14-18-24-33/h13-18,21-24,31,34-36,39H,5-12,19-20,25-30H2,1-4H3/t34-,35+,36+/m1/s1. The van der Waals surface area contributed by atoms with Gasteiger partial charge in [0, 0.05) is 32.0 Å². The molecule has 2 aromatic carbocycles. The van der Waals surface area contributed by atoms with Crippen molar-refractivity contribution < 1.29 is 14.6 Å². The Morgan fingerprint density at radius 2 is 1.24 bits per heavy atom. The van der Waals surface area contributed by atoms with E-state index in [0.29, 0.717) is 18.8 Å². The summed E-state index contributed by atoms with van der Waals surface area (Å²) in [4.78, 5) is 15.3. The molecule has 0 spiro atoms. The van der Waals surface area contributed by atoms with Crippen LogP contribution in [0.1, 0.15) is 129 Å². The lowest BCUT2D eigenvalue weighted by Crippen LogP contribution is -2.45. The summed E-state index contributed by atoms with van der Waals surface area (Å²) in [6, 6.07) is 21.1. The minimum Gasteiger partial charge on any atom is -0.462 e. The average Bonchev–Trinajstić information content (AvgIpc) is 2.96. The van der Waals surface area contributed by atoms with Crippen LogP contribution in [0.4, 0.5) is 0 Å². The number of aliphatic hydroxyl groups is 1. The van der Waals surface area contributed by atoms with Crippen LogP contribution in [0.25, 0.3) is 0 Å². The number of unbranched alkanes of at least 4 members (excludes halogenated alkanes) is 8. The first-order valence-corrected chi connectivity index (χ1v) is 16.6. The van der Waals surface area contributed by atoms with E-state index in [0.717, 1.165) is 51.6 Å². The molecule has 4 heteroatoms. The minimum atomic E-state index is -0.581. The fraction of sp³-hybridized carbons (Fsp3) is 0.649. The largest absolute Gasteiger partial charge is 0.462 e. The Labute approximate surface area is 251 Å². The van der Waals surface area contributed by atoms with Gasteiger partial charge < -0.3 is 9.84 Å². The van der Waals surface area contributed by atoms with Crippen LogP contribution in [0.15, 0.2) is 60.7 Å². The summed E-state index contributed by atoms with van der Waals surface area (Å²) < 4.78 is 6.09. The molecule has 230 valence electrons. The SMILES string of the molecule is CCCCCCCC(=O)O[C@H](CCCCCCC)C[C@H](O)[C@H](CC(C)C)N(Cc1ccccc1)Cc1ccccc1. The summed E-state index contributed by atoms with van der Waals surface area (Å²) in [5.41, 5.74) is 2.48. The normalized spacial score (nSPS) is 13.8.